The van der Waals surface area contributed by atoms with Gasteiger partial charge in [0.05, 0.1) is 16.1 Å². The normalized spacial score (nSPS) is 13.4. The van der Waals surface area contributed by atoms with Crippen LogP contribution in [0.2, 0.25) is 0 Å². The van der Waals surface area contributed by atoms with Crippen molar-refractivity contribution in [2.24, 2.45) is 0 Å². The van der Waals surface area contributed by atoms with E-state index in [0.717, 1.165) is 27.6 Å². The van der Waals surface area contributed by atoms with Gasteiger partial charge in [-0.2, -0.15) is 5.26 Å². The van der Waals surface area contributed by atoms with Gasteiger partial charge in [-0.25, -0.2) is 0 Å². The van der Waals surface area contributed by atoms with Gasteiger partial charge in [-0.15, -0.1) is 11.3 Å². The van der Waals surface area contributed by atoms with Crippen LogP contribution in [0.1, 0.15) is 11.1 Å². The number of H-pyrrole nitrogens is 1. The summed E-state index contributed by atoms with van der Waals surface area (Å²) in [5.41, 5.74) is 2.56. The van der Waals surface area contributed by atoms with E-state index in [9.17, 15) is 0 Å². The summed E-state index contributed by atoms with van der Waals surface area (Å²) < 4.78 is 11.1. The highest BCUT2D eigenvalue weighted by Gasteiger charge is 2.22. The van der Waals surface area contributed by atoms with Crippen LogP contribution in [-0.4, -0.2) is 18.2 Å². The fourth-order valence-corrected chi connectivity index (χ4v) is 2.88. The van der Waals surface area contributed by atoms with Crippen LogP contribution in [0.3, 0.4) is 0 Å². The number of rotatable bonds is 1. The molecule has 0 fully saturated rings. The molecule has 3 rings (SSSR count). The van der Waals surface area contributed by atoms with Crippen LogP contribution in [0.15, 0.2) is 11.6 Å². The zero-order chi connectivity index (χ0) is 11.8. The fraction of sp³-hybridized carbons (Fsp3) is 0.250. The zero-order valence-electron chi connectivity index (χ0n) is 9.24. The van der Waals surface area contributed by atoms with Crippen molar-refractivity contribution < 1.29 is 9.47 Å². The molecule has 0 aliphatic carbocycles. The summed E-state index contributed by atoms with van der Waals surface area (Å²) in [7, 11) is 0. The standard InChI is InChI=1S/C12H10N2O2S/c1-7-8(4-13)5-14-10(7)12-11-9(6-17-12)15-2-3-16-11/h5-6,14H,2-3H2,1H3. The molecule has 2 aromatic rings. The molecule has 1 aliphatic heterocycles. The van der Waals surface area contributed by atoms with E-state index in [4.69, 9.17) is 14.7 Å². The van der Waals surface area contributed by atoms with Gasteiger partial charge in [0.1, 0.15) is 19.3 Å². The molecule has 0 unspecified atom stereocenters. The molecule has 0 amide bonds. The number of thiophene rings is 1. The maximum atomic E-state index is 8.95. The number of nitrogens with zero attached hydrogens (tertiary/aromatic N) is 1. The van der Waals surface area contributed by atoms with Gasteiger partial charge in [0.2, 0.25) is 0 Å². The number of aromatic amines is 1. The average Bonchev–Trinajstić information content (AvgIpc) is 2.92. The SMILES string of the molecule is Cc1c(C#N)c[nH]c1-c1scc2c1OCCO2. The van der Waals surface area contributed by atoms with Crippen LogP contribution in [-0.2, 0) is 0 Å². The van der Waals surface area contributed by atoms with E-state index < -0.39 is 0 Å². The number of nitrogens with one attached hydrogen (secondary N) is 1. The molecule has 86 valence electrons. The van der Waals surface area contributed by atoms with E-state index in [-0.39, 0.29) is 0 Å². The number of aromatic nitrogens is 1. The Morgan fingerprint density at radius 2 is 2.24 bits per heavy atom. The fourth-order valence-electron chi connectivity index (χ4n) is 1.88. The van der Waals surface area contributed by atoms with Crippen LogP contribution in [0, 0.1) is 18.3 Å². The van der Waals surface area contributed by atoms with Crippen molar-refractivity contribution in [2.45, 2.75) is 6.92 Å². The second-order valence-corrected chi connectivity index (χ2v) is 4.65. The van der Waals surface area contributed by atoms with Crippen molar-refractivity contribution in [3.63, 3.8) is 0 Å². The first-order valence-electron chi connectivity index (χ1n) is 5.27. The van der Waals surface area contributed by atoms with Gasteiger partial charge in [0, 0.05) is 11.6 Å². The molecule has 0 bridgehead atoms. The molecule has 4 nitrogen and oxygen atoms in total. The molecule has 1 N–H and O–H groups in total. The van der Waals surface area contributed by atoms with Gasteiger partial charge < -0.3 is 14.5 Å². The third kappa shape index (κ3) is 1.49. The van der Waals surface area contributed by atoms with Crippen molar-refractivity contribution in [1.82, 2.24) is 4.98 Å². The smallest absolute Gasteiger partial charge is 0.181 e. The van der Waals surface area contributed by atoms with Crippen LogP contribution in [0.25, 0.3) is 10.6 Å². The molecule has 2 aromatic heterocycles. The Labute approximate surface area is 102 Å². The van der Waals surface area contributed by atoms with Crippen molar-refractivity contribution in [3.05, 3.63) is 22.7 Å². The summed E-state index contributed by atoms with van der Waals surface area (Å²) in [5, 5.41) is 10.9. The summed E-state index contributed by atoms with van der Waals surface area (Å²) in [6, 6.07) is 2.16. The Kier molecular flexibility index (Phi) is 2.30. The van der Waals surface area contributed by atoms with Crippen molar-refractivity contribution in [2.75, 3.05) is 13.2 Å². The highest BCUT2D eigenvalue weighted by atomic mass is 32.1. The molecule has 0 spiro atoms. The van der Waals surface area contributed by atoms with Crippen LogP contribution in [0.4, 0.5) is 0 Å². The van der Waals surface area contributed by atoms with Gasteiger partial charge in [-0.1, -0.05) is 0 Å². The van der Waals surface area contributed by atoms with Gasteiger partial charge in [-0.3, -0.25) is 0 Å². The van der Waals surface area contributed by atoms with Crippen LogP contribution < -0.4 is 9.47 Å². The summed E-state index contributed by atoms with van der Waals surface area (Å²) in [6.07, 6.45) is 1.72. The van der Waals surface area contributed by atoms with E-state index in [1.807, 2.05) is 12.3 Å². The minimum Gasteiger partial charge on any atom is -0.485 e. The quantitative estimate of drug-likeness (QED) is 0.841. The van der Waals surface area contributed by atoms with Gasteiger partial charge >= 0.3 is 0 Å². The molecule has 5 heteroatoms. The van der Waals surface area contributed by atoms with E-state index in [2.05, 4.69) is 11.1 Å². The van der Waals surface area contributed by atoms with Crippen molar-refractivity contribution in [1.29, 1.82) is 5.26 Å². The molecule has 0 saturated carbocycles. The lowest BCUT2D eigenvalue weighted by Gasteiger charge is -2.15. The van der Waals surface area contributed by atoms with Crippen molar-refractivity contribution >= 4 is 11.3 Å². The predicted octanol–water partition coefficient (Wildman–Crippen LogP) is 2.69. The predicted molar refractivity (Wildman–Crippen MR) is 64.5 cm³/mol. The Morgan fingerprint density at radius 1 is 1.41 bits per heavy atom. The summed E-state index contributed by atoms with van der Waals surface area (Å²) in [5.74, 6) is 1.58. The summed E-state index contributed by atoms with van der Waals surface area (Å²) in [6.45, 7) is 3.10. The highest BCUT2D eigenvalue weighted by molar-refractivity contribution is 7.14. The first-order chi connectivity index (χ1) is 8.31. The second-order valence-electron chi connectivity index (χ2n) is 3.77. The molecule has 17 heavy (non-hydrogen) atoms. The minimum absolute atomic E-state index is 0.571. The first kappa shape index (κ1) is 10.2. The second kappa shape index (κ2) is 3.82. The van der Waals surface area contributed by atoms with E-state index in [0.29, 0.717) is 18.8 Å². The van der Waals surface area contributed by atoms with Gasteiger partial charge in [0.25, 0.3) is 0 Å². The monoisotopic (exact) mass is 246 g/mol. The largest absolute Gasteiger partial charge is 0.485 e. The lowest BCUT2D eigenvalue weighted by molar-refractivity contribution is 0.174. The Hall–Kier alpha value is -1.93. The maximum Gasteiger partial charge on any atom is 0.181 e. The van der Waals surface area contributed by atoms with Gasteiger partial charge in [-0.05, 0) is 12.5 Å². The summed E-state index contributed by atoms with van der Waals surface area (Å²) >= 11 is 1.57. The molecule has 0 radical (unpaired) electrons. The third-order valence-corrected chi connectivity index (χ3v) is 3.75. The van der Waals surface area contributed by atoms with E-state index in [1.165, 1.54) is 0 Å². The lowest BCUT2D eigenvalue weighted by atomic mass is 10.1. The number of ether oxygens (including phenoxy) is 2. The maximum absolute atomic E-state index is 8.95. The van der Waals surface area contributed by atoms with E-state index >= 15 is 0 Å². The Balaban J connectivity index is 2.13. The first-order valence-corrected chi connectivity index (χ1v) is 6.14. The topological polar surface area (TPSA) is 58.0 Å². The van der Waals surface area contributed by atoms with Gasteiger partial charge in [0.15, 0.2) is 11.5 Å². The molecular formula is C12H10N2O2S. The molecule has 0 atom stereocenters. The number of fused-ring (bicyclic) bond motifs is 1. The Bertz CT molecular complexity index is 607. The molecule has 1 aliphatic rings. The number of nitriles is 1. The minimum atomic E-state index is 0.571. The average molecular weight is 246 g/mol. The van der Waals surface area contributed by atoms with Crippen LogP contribution in [0.5, 0.6) is 11.5 Å². The molecular weight excluding hydrogens is 236 g/mol. The number of hydrogen-bond acceptors (Lipinski definition) is 4. The van der Waals surface area contributed by atoms with E-state index in [1.54, 1.807) is 17.5 Å². The zero-order valence-corrected chi connectivity index (χ0v) is 10.1. The third-order valence-electron chi connectivity index (χ3n) is 2.79. The van der Waals surface area contributed by atoms with Crippen LogP contribution >= 0.6 is 11.3 Å². The van der Waals surface area contributed by atoms with Crippen molar-refractivity contribution in [3.8, 4) is 28.1 Å². The number of hydrogen-bond donors (Lipinski definition) is 1. The lowest BCUT2D eigenvalue weighted by Crippen LogP contribution is -2.14. The highest BCUT2D eigenvalue weighted by Crippen LogP contribution is 2.46. The molecule has 3 heterocycles. The Morgan fingerprint density at radius 3 is 3.00 bits per heavy atom. The summed E-state index contributed by atoms with van der Waals surface area (Å²) in [4.78, 5) is 4.13. The molecule has 0 aromatic carbocycles. The molecule has 0 saturated heterocycles.